The summed E-state index contributed by atoms with van der Waals surface area (Å²) in [6, 6.07) is 2.53. The number of carboxylic acid groups (broad SMARTS) is 2. The minimum atomic E-state index is -1.31. The third kappa shape index (κ3) is 5.64. The van der Waals surface area contributed by atoms with Crippen LogP contribution in [-0.2, 0) is 9.59 Å². The SMILES string of the molecule is O=C(O)CN(CC(=O)O)C(=O)Nc1c(Br)cc(Br)cc1Br. The van der Waals surface area contributed by atoms with Gasteiger partial charge in [-0.15, -0.1) is 0 Å². The van der Waals surface area contributed by atoms with Gasteiger partial charge in [-0.05, 0) is 44.0 Å². The molecule has 2 amide bonds. The summed E-state index contributed by atoms with van der Waals surface area (Å²) < 4.78 is 1.84. The zero-order valence-electron chi connectivity index (χ0n) is 10.3. The second kappa shape index (κ2) is 7.76. The number of rotatable bonds is 5. The molecule has 21 heavy (non-hydrogen) atoms. The Balaban J connectivity index is 2.96. The highest BCUT2D eigenvalue weighted by atomic mass is 79.9. The monoisotopic (exact) mass is 486 g/mol. The number of nitrogens with one attached hydrogen (secondary N) is 1. The molecule has 3 N–H and O–H groups in total. The van der Waals surface area contributed by atoms with Gasteiger partial charge in [0.05, 0.1) is 5.69 Å². The number of aliphatic carboxylic acids is 2. The molecule has 1 aromatic rings. The van der Waals surface area contributed by atoms with E-state index in [0.717, 1.165) is 4.47 Å². The fourth-order valence-electron chi connectivity index (χ4n) is 1.37. The van der Waals surface area contributed by atoms with E-state index in [4.69, 9.17) is 10.2 Å². The van der Waals surface area contributed by atoms with Gasteiger partial charge in [-0.2, -0.15) is 0 Å². The summed E-state index contributed by atoms with van der Waals surface area (Å²) in [5, 5.41) is 19.9. The number of amides is 2. The molecule has 0 fully saturated rings. The number of hydrogen-bond acceptors (Lipinski definition) is 3. The Morgan fingerprint density at radius 1 is 1.00 bits per heavy atom. The maximum absolute atomic E-state index is 12.0. The largest absolute Gasteiger partial charge is 0.480 e. The van der Waals surface area contributed by atoms with Crippen molar-refractivity contribution in [3.63, 3.8) is 0 Å². The minimum absolute atomic E-state index is 0.365. The summed E-state index contributed by atoms with van der Waals surface area (Å²) >= 11 is 9.77. The van der Waals surface area contributed by atoms with Crippen molar-refractivity contribution in [2.24, 2.45) is 0 Å². The molecule has 0 heterocycles. The van der Waals surface area contributed by atoms with Crippen molar-refractivity contribution in [2.45, 2.75) is 0 Å². The molecule has 0 radical (unpaired) electrons. The minimum Gasteiger partial charge on any atom is -0.480 e. The number of carbonyl (C=O) groups excluding carboxylic acids is 1. The molecule has 0 saturated heterocycles. The van der Waals surface area contributed by atoms with Gasteiger partial charge in [-0.25, -0.2) is 4.79 Å². The molecule has 10 heteroatoms. The zero-order chi connectivity index (χ0) is 16.2. The second-order valence-electron chi connectivity index (χ2n) is 3.82. The van der Waals surface area contributed by atoms with Crippen molar-refractivity contribution in [3.8, 4) is 0 Å². The average Bonchev–Trinajstić information content (AvgIpc) is 2.31. The van der Waals surface area contributed by atoms with Crippen LogP contribution in [0.1, 0.15) is 0 Å². The first kappa shape index (κ1) is 17.9. The smallest absolute Gasteiger partial charge is 0.323 e. The predicted octanol–water partition coefficient (Wildman–Crippen LogP) is 2.98. The van der Waals surface area contributed by atoms with Crippen molar-refractivity contribution in [1.29, 1.82) is 0 Å². The highest BCUT2D eigenvalue weighted by molar-refractivity contribution is 9.11. The molecule has 0 aliphatic carbocycles. The molecule has 0 bridgehead atoms. The van der Waals surface area contributed by atoms with Crippen LogP contribution in [0.25, 0.3) is 0 Å². The number of hydrogen-bond donors (Lipinski definition) is 3. The molecule has 1 rings (SSSR count). The normalized spacial score (nSPS) is 10.0. The molecule has 0 aliphatic rings. The van der Waals surface area contributed by atoms with Crippen molar-refractivity contribution in [3.05, 3.63) is 25.6 Å². The lowest BCUT2D eigenvalue weighted by Gasteiger charge is -2.20. The van der Waals surface area contributed by atoms with Gasteiger partial charge in [0, 0.05) is 13.4 Å². The molecule has 7 nitrogen and oxygen atoms in total. The van der Waals surface area contributed by atoms with Crippen LogP contribution in [0.3, 0.4) is 0 Å². The fraction of sp³-hybridized carbons (Fsp3) is 0.182. The van der Waals surface area contributed by atoms with Crippen molar-refractivity contribution >= 4 is 71.4 Å². The lowest BCUT2D eigenvalue weighted by molar-refractivity contribution is -0.140. The van der Waals surface area contributed by atoms with Crippen molar-refractivity contribution in [2.75, 3.05) is 18.4 Å². The van der Waals surface area contributed by atoms with Crippen LogP contribution in [0.2, 0.25) is 0 Å². The average molecular weight is 489 g/mol. The molecular formula is C11H9Br3N2O5. The number of urea groups is 1. The third-order valence-corrected chi connectivity index (χ3v) is 3.89. The van der Waals surface area contributed by atoms with Crippen LogP contribution in [0, 0.1) is 0 Å². The highest BCUT2D eigenvalue weighted by Gasteiger charge is 2.21. The Morgan fingerprint density at radius 3 is 1.81 bits per heavy atom. The van der Waals surface area contributed by atoms with E-state index in [0.29, 0.717) is 19.5 Å². The van der Waals surface area contributed by atoms with Gasteiger partial charge in [0.2, 0.25) is 0 Å². The molecule has 0 spiro atoms. The lowest BCUT2D eigenvalue weighted by atomic mass is 10.3. The molecule has 114 valence electrons. The first-order valence-corrected chi connectivity index (χ1v) is 7.72. The first-order chi connectivity index (χ1) is 9.70. The second-order valence-corrected chi connectivity index (χ2v) is 6.44. The molecular weight excluding hydrogens is 480 g/mol. The van der Waals surface area contributed by atoms with E-state index in [-0.39, 0.29) is 0 Å². The number of carbonyl (C=O) groups is 3. The van der Waals surface area contributed by atoms with E-state index in [1.807, 2.05) is 0 Å². The Hall–Kier alpha value is -1.13. The van der Waals surface area contributed by atoms with Gasteiger partial charge in [-0.1, -0.05) is 15.9 Å². The molecule has 1 aromatic carbocycles. The molecule has 0 aliphatic heterocycles. The fourth-order valence-corrected chi connectivity index (χ4v) is 3.83. The van der Waals surface area contributed by atoms with E-state index in [1.54, 1.807) is 12.1 Å². The molecule has 0 atom stereocenters. The van der Waals surface area contributed by atoms with Gasteiger partial charge < -0.3 is 20.4 Å². The maximum Gasteiger partial charge on any atom is 0.323 e. The number of carboxylic acids is 2. The molecule has 0 aromatic heterocycles. The zero-order valence-corrected chi connectivity index (χ0v) is 15.0. The number of benzene rings is 1. The van der Waals surface area contributed by atoms with Gasteiger partial charge in [0.1, 0.15) is 13.1 Å². The van der Waals surface area contributed by atoms with Crippen molar-refractivity contribution < 1.29 is 24.6 Å². The number of halogens is 3. The number of anilines is 1. The summed E-state index contributed by atoms with van der Waals surface area (Å²) in [4.78, 5) is 34.1. The van der Waals surface area contributed by atoms with E-state index in [1.165, 1.54) is 0 Å². The molecule has 0 saturated carbocycles. The topological polar surface area (TPSA) is 107 Å². The summed E-state index contributed by atoms with van der Waals surface area (Å²) in [7, 11) is 0. The summed E-state index contributed by atoms with van der Waals surface area (Å²) in [6.45, 7) is -1.44. The standard InChI is InChI=1S/C11H9Br3N2O5/c12-5-1-6(13)10(7(14)2-5)15-11(21)16(3-8(17)18)4-9(19)20/h1-2H,3-4H2,(H,15,21)(H,17,18)(H,19,20). The van der Waals surface area contributed by atoms with Crippen LogP contribution in [0.5, 0.6) is 0 Å². The highest BCUT2D eigenvalue weighted by Crippen LogP contribution is 2.34. The quantitative estimate of drug-likeness (QED) is 0.590. The molecule has 0 unspecified atom stereocenters. The van der Waals surface area contributed by atoms with E-state index < -0.39 is 31.1 Å². The van der Waals surface area contributed by atoms with Crippen LogP contribution < -0.4 is 5.32 Å². The van der Waals surface area contributed by atoms with Gasteiger partial charge >= 0.3 is 18.0 Å². The van der Waals surface area contributed by atoms with E-state index >= 15 is 0 Å². The Morgan fingerprint density at radius 2 is 1.43 bits per heavy atom. The Labute approximate surface area is 144 Å². The summed E-state index contributed by atoms with van der Waals surface area (Å²) in [6.07, 6.45) is 0. The van der Waals surface area contributed by atoms with Crippen molar-refractivity contribution in [1.82, 2.24) is 4.90 Å². The summed E-state index contributed by atoms with van der Waals surface area (Å²) in [5.74, 6) is -2.61. The first-order valence-electron chi connectivity index (χ1n) is 5.34. The van der Waals surface area contributed by atoms with E-state index in [2.05, 4.69) is 53.1 Å². The maximum atomic E-state index is 12.0. The van der Waals surface area contributed by atoms with Gasteiger partial charge in [0.15, 0.2) is 0 Å². The van der Waals surface area contributed by atoms with Crippen LogP contribution >= 0.6 is 47.8 Å². The van der Waals surface area contributed by atoms with E-state index in [9.17, 15) is 14.4 Å². The van der Waals surface area contributed by atoms with Crippen LogP contribution in [-0.4, -0.2) is 46.2 Å². The van der Waals surface area contributed by atoms with Gasteiger partial charge in [-0.3, -0.25) is 9.59 Å². The van der Waals surface area contributed by atoms with Crippen LogP contribution in [0.15, 0.2) is 25.6 Å². The van der Waals surface area contributed by atoms with Gasteiger partial charge in [0.25, 0.3) is 0 Å². The lowest BCUT2D eigenvalue weighted by Crippen LogP contribution is -2.42. The summed E-state index contributed by atoms with van der Waals surface area (Å²) in [5.41, 5.74) is 0.365. The Bertz CT molecular complexity index is 554. The van der Waals surface area contributed by atoms with Crippen LogP contribution in [0.4, 0.5) is 10.5 Å². The Kier molecular flexibility index (Phi) is 6.62. The predicted molar refractivity (Wildman–Crippen MR) is 85.4 cm³/mol. The third-order valence-electron chi connectivity index (χ3n) is 2.18. The number of nitrogens with zero attached hydrogens (tertiary/aromatic N) is 1.